The summed E-state index contributed by atoms with van der Waals surface area (Å²) in [5.74, 6) is 0.346. The van der Waals surface area contributed by atoms with Crippen molar-refractivity contribution in [1.29, 1.82) is 5.26 Å². The zero-order chi connectivity index (χ0) is 20.5. The Kier molecular flexibility index (Phi) is 7.26. The second kappa shape index (κ2) is 10.3. The van der Waals surface area contributed by atoms with Crippen molar-refractivity contribution < 1.29 is 9.53 Å². The molecule has 0 atom stereocenters. The van der Waals surface area contributed by atoms with E-state index < -0.39 is 5.91 Å². The first-order chi connectivity index (χ1) is 14.2. The first-order valence-electron chi connectivity index (χ1n) is 9.84. The molecular formula is C23H26N4O2. The van der Waals surface area contributed by atoms with Gasteiger partial charge in [-0.25, -0.2) is 0 Å². The number of hydrogen-bond acceptors (Lipinski definition) is 5. The van der Waals surface area contributed by atoms with E-state index >= 15 is 0 Å². The maximum absolute atomic E-state index is 12.5. The highest BCUT2D eigenvalue weighted by molar-refractivity contribution is 6.06. The molecule has 0 bridgehead atoms. The van der Waals surface area contributed by atoms with Gasteiger partial charge in [0.15, 0.2) is 0 Å². The quantitative estimate of drug-likeness (QED) is 0.581. The van der Waals surface area contributed by atoms with Crippen molar-refractivity contribution in [2.24, 2.45) is 0 Å². The average Bonchev–Trinajstić information content (AvgIpc) is 2.75. The number of rotatable bonds is 7. The SMILES string of the molecule is CCOc1ccc(NC(=O)/C(C#N)=C\N2CCN(Cc3ccccc3)CC2)cc1. The molecule has 0 aromatic heterocycles. The Morgan fingerprint density at radius 2 is 1.79 bits per heavy atom. The van der Waals surface area contributed by atoms with Crippen LogP contribution in [0.5, 0.6) is 5.75 Å². The molecule has 0 saturated carbocycles. The lowest BCUT2D eigenvalue weighted by molar-refractivity contribution is -0.112. The predicted molar refractivity (Wildman–Crippen MR) is 113 cm³/mol. The van der Waals surface area contributed by atoms with E-state index in [1.807, 2.05) is 24.0 Å². The normalized spacial score (nSPS) is 14.9. The minimum absolute atomic E-state index is 0.107. The van der Waals surface area contributed by atoms with Crippen LogP contribution in [-0.2, 0) is 11.3 Å². The van der Waals surface area contributed by atoms with Crippen LogP contribution in [0.15, 0.2) is 66.4 Å². The fourth-order valence-corrected chi connectivity index (χ4v) is 3.21. The third kappa shape index (κ3) is 6.09. The second-order valence-corrected chi connectivity index (χ2v) is 6.86. The van der Waals surface area contributed by atoms with E-state index in [4.69, 9.17) is 4.74 Å². The van der Waals surface area contributed by atoms with Crippen LogP contribution in [0.1, 0.15) is 12.5 Å². The summed E-state index contributed by atoms with van der Waals surface area (Å²) >= 11 is 0. The summed E-state index contributed by atoms with van der Waals surface area (Å²) in [6.45, 7) is 6.78. The van der Waals surface area contributed by atoms with Crippen molar-refractivity contribution in [3.8, 4) is 11.8 Å². The number of nitrogens with zero attached hydrogens (tertiary/aromatic N) is 3. The standard InChI is InChI=1S/C23H26N4O2/c1-2-29-22-10-8-21(9-11-22)25-23(28)20(16-24)18-27-14-12-26(13-15-27)17-19-6-4-3-5-7-19/h3-11,18H,2,12-15,17H2,1H3,(H,25,28)/b20-18-. The molecule has 2 aromatic rings. The number of carbonyl (C=O) groups is 1. The summed E-state index contributed by atoms with van der Waals surface area (Å²) < 4.78 is 5.39. The smallest absolute Gasteiger partial charge is 0.267 e. The van der Waals surface area contributed by atoms with Gasteiger partial charge in [-0.1, -0.05) is 30.3 Å². The molecule has 2 aromatic carbocycles. The molecule has 0 spiro atoms. The van der Waals surface area contributed by atoms with Crippen LogP contribution < -0.4 is 10.1 Å². The van der Waals surface area contributed by atoms with E-state index in [0.29, 0.717) is 12.3 Å². The number of piperazine rings is 1. The highest BCUT2D eigenvalue weighted by Crippen LogP contribution is 2.16. The first kappa shape index (κ1) is 20.4. The van der Waals surface area contributed by atoms with Crippen LogP contribution in [0.4, 0.5) is 5.69 Å². The number of nitriles is 1. The third-order valence-corrected chi connectivity index (χ3v) is 4.76. The van der Waals surface area contributed by atoms with Crippen LogP contribution in [0, 0.1) is 11.3 Å². The van der Waals surface area contributed by atoms with Crippen molar-refractivity contribution >= 4 is 11.6 Å². The Balaban J connectivity index is 1.53. The van der Waals surface area contributed by atoms with Crippen LogP contribution in [0.3, 0.4) is 0 Å². The molecule has 3 rings (SSSR count). The van der Waals surface area contributed by atoms with Crippen molar-refractivity contribution in [3.63, 3.8) is 0 Å². The summed E-state index contributed by atoms with van der Waals surface area (Å²) in [6, 6.07) is 19.5. The summed E-state index contributed by atoms with van der Waals surface area (Å²) in [6.07, 6.45) is 1.67. The topological polar surface area (TPSA) is 68.6 Å². The van der Waals surface area contributed by atoms with Gasteiger partial charge in [0.05, 0.1) is 6.61 Å². The fraction of sp³-hybridized carbons (Fsp3) is 0.304. The van der Waals surface area contributed by atoms with Gasteiger partial charge in [0.25, 0.3) is 5.91 Å². The molecule has 6 heteroatoms. The molecule has 1 aliphatic rings. The van der Waals surface area contributed by atoms with E-state index in [9.17, 15) is 10.1 Å². The molecule has 1 amide bonds. The van der Waals surface area contributed by atoms with Gasteiger partial charge in [-0.3, -0.25) is 9.69 Å². The highest BCUT2D eigenvalue weighted by atomic mass is 16.5. The van der Waals surface area contributed by atoms with Gasteiger partial charge >= 0.3 is 0 Å². The molecule has 1 saturated heterocycles. The minimum Gasteiger partial charge on any atom is -0.494 e. The Labute approximate surface area is 172 Å². The monoisotopic (exact) mass is 390 g/mol. The maximum Gasteiger partial charge on any atom is 0.267 e. The summed E-state index contributed by atoms with van der Waals surface area (Å²) in [7, 11) is 0. The van der Waals surface area contributed by atoms with E-state index in [0.717, 1.165) is 38.5 Å². The van der Waals surface area contributed by atoms with Crippen molar-refractivity contribution in [3.05, 3.63) is 71.9 Å². The molecule has 1 fully saturated rings. The number of benzene rings is 2. The number of hydrogen-bond donors (Lipinski definition) is 1. The molecule has 0 unspecified atom stereocenters. The number of amides is 1. The maximum atomic E-state index is 12.5. The predicted octanol–water partition coefficient (Wildman–Crippen LogP) is 3.25. The van der Waals surface area contributed by atoms with Gasteiger partial charge in [-0.15, -0.1) is 0 Å². The number of nitrogens with one attached hydrogen (secondary N) is 1. The van der Waals surface area contributed by atoms with E-state index in [1.165, 1.54) is 5.56 Å². The van der Waals surface area contributed by atoms with Gasteiger partial charge < -0.3 is 15.0 Å². The Morgan fingerprint density at radius 3 is 2.41 bits per heavy atom. The molecule has 29 heavy (non-hydrogen) atoms. The van der Waals surface area contributed by atoms with Crippen LogP contribution in [0.2, 0.25) is 0 Å². The summed E-state index contributed by atoms with van der Waals surface area (Å²) in [5, 5.41) is 12.2. The average molecular weight is 390 g/mol. The first-order valence-corrected chi connectivity index (χ1v) is 9.84. The largest absolute Gasteiger partial charge is 0.494 e. The number of anilines is 1. The van der Waals surface area contributed by atoms with Gasteiger partial charge in [-0.2, -0.15) is 5.26 Å². The van der Waals surface area contributed by atoms with E-state index in [1.54, 1.807) is 30.5 Å². The zero-order valence-corrected chi connectivity index (χ0v) is 16.7. The van der Waals surface area contributed by atoms with Crippen molar-refractivity contribution in [2.45, 2.75) is 13.5 Å². The van der Waals surface area contributed by atoms with Crippen molar-refractivity contribution in [2.75, 3.05) is 38.1 Å². The molecule has 1 heterocycles. The molecule has 0 radical (unpaired) electrons. The van der Waals surface area contributed by atoms with Gasteiger partial charge in [0.1, 0.15) is 17.4 Å². The van der Waals surface area contributed by atoms with E-state index in [2.05, 4.69) is 34.5 Å². The zero-order valence-electron chi connectivity index (χ0n) is 16.7. The lowest BCUT2D eigenvalue weighted by Crippen LogP contribution is -2.43. The number of ether oxygens (including phenoxy) is 1. The van der Waals surface area contributed by atoms with Gasteiger partial charge in [0, 0.05) is 44.6 Å². The minimum atomic E-state index is -0.400. The molecule has 6 nitrogen and oxygen atoms in total. The second-order valence-electron chi connectivity index (χ2n) is 6.86. The molecule has 1 aliphatic heterocycles. The van der Waals surface area contributed by atoms with Gasteiger partial charge in [-0.05, 0) is 36.8 Å². The fourth-order valence-electron chi connectivity index (χ4n) is 3.21. The van der Waals surface area contributed by atoms with Gasteiger partial charge in [0.2, 0.25) is 0 Å². The van der Waals surface area contributed by atoms with Crippen molar-refractivity contribution in [1.82, 2.24) is 9.80 Å². The lowest BCUT2D eigenvalue weighted by Gasteiger charge is -2.34. The molecule has 0 aliphatic carbocycles. The number of carbonyl (C=O) groups excluding carboxylic acids is 1. The van der Waals surface area contributed by atoms with Crippen LogP contribution in [0.25, 0.3) is 0 Å². The Hall–Kier alpha value is -3.30. The highest BCUT2D eigenvalue weighted by Gasteiger charge is 2.17. The summed E-state index contributed by atoms with van der Waals surface area (Å²) in [5.41, 5.74) is 2.03. The molecular weight excluding hydrogens is 364 g/mol. The Bertz CT molecular complexity index is 864. The summed E-state index contributed by atoms with van der Waals surface area (Å²) in [4.78, 5) is 16.9. The third-order valence-electron chi connectivity index (χ3n) is 4.76. The van der Waals surface area contributed by atoms with E-state index in [-0.39, 0.29) is 5.57 Å². The lowest BCUT2D eigenvalue weighted by atomic mass is 10.2. The van der Waals surface area contributed by atoms with Crippen LogP contribution in [-0.4, -0.2) is 48.5 Å². The molecule has 1 N–H and O–H groups in total. The molecule has 150 valence electrons. The van der Waals surface area contributed by atoms with Crippen LogP contribution >= 0.6 is 0 Å². The Morgan fingerprint density at radius 1 is 1.10 bits per heavy atom.